The smallest absolute Gasteiger partial charge is 0.183 e. The van der Waals surface area contributed by atoms with E-state index in [1.54, 1.807) is 0 Å². The first-order valence-electron chi connectivity index (χ1n) is 13.2. The topological polar surface area (TPSA) is 27.7 Å². The first-order valence-corrected chi connectivity index (χ1v) is 13.2. The van der Waals surface area contributed by atoms with Crippen LogP contribution in [0.3, 0.4) is 0 Å². The molecule has 0 bridgehead atoms. The standard InChI is InChI=1S/C28H46O3/c1-3-5-6-7-8-10-24-12-14-25(15-13-24)11-9-20-29-27-18-16-26(17-19-27)28-30-21-23(4-2)22-31-28/h16-19,23-25,28H,3-15,20-22H2,1-2H3/t23-,24-,25-,28-. The largest absolute Gasteiger partial charge is 0.494 e. The van der Waals surface area contributed by atoms with Crippen molar-refractivity contribution in [1.29, 1.82) is 0 Å². The van der Waals surface area contributed by atoms with E-state index in [1.807, 2.05) is 0 Å². The molecule has 176 valence electrons. The van der Waals surface area contributed by atoms with E-state index in [-0.39, 0.29) is 6.29 Å². The van der Waals surface area contributed by atoms with Crippen LogP contribution in [0.2, 0.25) is 0 Å². The first kappa shape index (κ1) is 24.6. The molecular weight excluding hydrogens is 384 g/mol. The third-order valence-corrected chi connectivity index (χ3v) is 7.40. The molecule has 0 radical (unpaired) electrons. The third-order valence-electron chi connectivity index (χ3n) is 7.40. The fraction of sp³-hybridized carbons (Fsp3) is 0.786. The summed E-state index contributed by atoms with van der Waals surface area (Å²) in [5.41, 5.74) is 1.09. The van der Waals surface area contributed by atoms with Gasteiger partial charge < -0.3 is 14.2 Å². The molecule has 1 heterocycles. The zero-order valence-electron chi connectivity index (χ0n) is 20.2. The number of unbranched alkanes of at least 4 members (excludes halogenated alkanes) is 4. The molecule has 0 amide bonds. The van der Waals surface area contributed by atoms with Crippen molar-refractivity contribution in [3.63, 3.8) is 0 Å². The maximum Gasteiger partial charge on any atom is 0.183 e. The van der Waals surface area contributed by atoms with E-state index in [0.717, 1.165) is 49.4 Å². The van der Waals surface area contributed by atoms with E-state index in [2.05, 4.69) is 38.1 Å². The summed E-state index contributed by atoms with van der Waals surface area (Å²) in [5.74, 6) is 3.43. The molecule has 1 saturated carbocycles. The van der Waals surface area contributed by atoms with Crippen LogP contribution in [0.5, 0.6) is 5.75 Å². The highest BCUT2D eigenvalue weighted by molar-refractivity contribution is 5.28. The molecule has 0 aromatic heterocycles. The van der Waals surface area contributed by atoms with Crippen LogP contribution in [0.15, 0.2) is 24.3 Å². The Kier molecular flexibility index (Phi) is 11.2. The van der Waals surface area contributed by atoms with Crippen molar-refractivity contribution in [2.45, 2.75) is 104 Å². The third kappa shape index (κ3) is 8.77. The van der Waals surface area contributed by atoms with Gasteiger partial charge in [0.25, 0.3) is 0 Å². The van der Waals surface area contributed by atoms with Crippen molar-refractivity contribution in [3.8, 4) is 5.75 Å². The molecule has 3 rings (SSSR count). The summed E-state index contributed by atoms with van der Waals surface area (Å²) in [4.78, 5) is 0. The lowest BCUT2D eigenvalue weighted by atomic mass is 9.78. The zero-order valence-corrected chi connectivity index (χ0v) is 20.2. The molecule has 3 nitrogen and oxygen atoms in total. The maximum absolute atomic E-state index is 6.00. The molecule has 2 aliphatic rings. The number of hydrogen-bond acceptors (Lipinski definition) is 3. The lowest BCUT2D eigenvalue weighted by Gasteiger charge is -2.29. The quantitative estimate of drug-likeness (QED) is 0.296. The van der Waals surface area contributed by atoms with Gasteiger partial charge in [-0.05, 0) is 43.2 Å². The van der Waals surface area contributed by atoms with Gasteiger partial charge in [-0.3, -0.25) is 0 Å². The van der Waals surface area contributed by atoms with Crippen molar-refractivity contribution in [2.24, 2.45) is 17.8 Å². The summed E-state index contributed by atoms with van der Waals surface area (Å²) in [6.07, 6.45) is 17.8. The summed E-state index contributed by atoms with van der Waals surface area (Å²) in [6.45, 7) is 6.89. The Hall–Kier alpha value is -1.06. The van der Waals surface area contributed by atoms with Gasteiger partial charge in [0, 0.05) is 11.5 Å². The highest BCUT2D eigenvalue weighted by atomic mass is 16.7. The molecule has 0 unspecified atom stereocenters. The van der Waals surface area contributed by atoms with E-state index < -0.39 is 0 Å². The van der Waals surface area contributed by atoms with Crippen molar-refractivity contribution >= 4 is 0 Å². The van der Waals surface area contributed by atoms with E-state index in [4.69, 9.17) is 14.2 Å². The predicted molar refractivity (Wildman–Crippen MR) is 128 cm³/mol. The summed E-state index contributed by atoms with van der Waals surface area (Å²) < 4.78 is 17.7. The Morgan fingerprint density at radius 3 is 1.97 bits per heavy atom. The van der Waals surface area contributed by atoms with Crippen LogP contribution < -0.4 is 4.74 Å². The van der Waals surface area contributed by atoms with Crippen LogP contribution in [0.1, 0.15) is 109 Å². The summed E-state index contributed by atoms with van der Waals surface area (Å²) in [5, 5.41) is 0. The Balaban J connectivity index is 1.24. The lowest BCUT2D eigenvalue weighted by Crippen LogP contribution is -2.26. The summed E-state index contributed by atoms with van der Waals surface area (Å²) >= 11 is 0. The van der Waals surface area contributed by atoms with Crippen LogP contribution in [0.4, 0.5) is 0 Å². The molecule has 2 fully saturated rings. The minimum atomic E-state index is -0.219. The summed E-state index contributed by atoms with van der Waals surface area (Å²) in [7, 11) is 0. The maximum atomic E-state index is 6.00. The van der Waals surface area contributed by atoms with E-state index in [0.29, 0.717) is 5.92 Å². The molecule has 1 aliphatic carbocycles. The fourth-order valence-corrected chi connectivity index (χ4v) is 5.10. The highest BCUT2D eigenvalue weighted by Gasteiger charge is 2.22. The number of benzene rings is 1. The van der Waals surface area contributed by atoms with Gasteiger partial charge in [-0.2, -0.15) is 0 Å². The normalized spacial score (nSPS) is 26.6. The second kappa shape index (κ2) is 14.2. The fourth-order valence-electron chi connectivity index (χ4n) is 5.10. The van der Waals surface area contributed by atoms with E-state index >= 15 is 0 Å². The number of rotatable bonds is 13. The van der Waals surface area contributed by atoms with Crippen molar-refractivity contribution in [3.05, 3.63) is 29.8 Å². The second-order valence-electron chi connectivity index (χ2n) is 9.92. The molecule has 1 aromatic rings. The zero-order chi connectivity index (χ0) is 21.7. The van der Waals surface area contributed by atoms with Gasteiger partial charge in [0.2, 0.25) is 0 Å². The van der Waals surface area contributed by atoms with Gasteiger partial charge in [-0.1, -0.05) is 90.2 Å². The van der Waals surface area contributed by atoms with E-state index in [9.17, 15) is 0 Å². The van der Waals surface area contributed by atoms with Gasteiger partial charge in [-0.15, -0.1) is 0 Å². The highest BCUT2D eigenvalue weighted by Crippen LogP contribution is 2.34. The van der Waals surface area contributed by atoms with Crippen LogP contribution in [-0.2, 0) is 9.47 Å². The van der Waals surface area contributed by atoms with Gasteiger partial charge >= 0.3 is 0 Å². The first-order chi connectivity index (χ1) is 15.3. The molecule has 0 atom stereocenters. The number of ether oxygens (including phenoxy) is 3. The SMILES string of the molecule is CCCCCCC[C@H]1CC[C@H](CCCOc2ccc([C@H]3OC[C@H](CC)CO3)cc2)CC1. The van der Waals surface area contributed by atoms with Gasteiger partial charge in [0.1, 0.15) is 5.75 Å². The molecule has 3 heteroatoms. The van der Waals surface area contributed by atoms with Gasteiger partial charge in [0.05, 0.1) is 19.8 Å². The molecule has 0 N–H and O–H groups in total. The van der Waals surface area contributed by atoms with Crippen LogP contribution in [-0.4, -0.2) is 19.8 Å². The molecule has 1 saturated heterocycles. The average Bonchev–Trinajstić information content (AvgIpc) is 2.83. The molecular formula is C28H46O3. The van der Waals surface area contributed by atoms with Crippen molar-refractivity contribution in [2.75, 3.05) is 19.8 Å². The molecule has 31 heavy (non-hydrogen) atoms. The number of hydrogen-bond donors (Lipinski definition) is 0. The Morgan fingerprint density at radius 2 is 1.35 bits per heavy atom. The lowest BCUT2D eigenvalue weighted by molar-refractivity contribution is -0.205. The van der Waals surface area contributed by atoms with Gasteiger partial charge in [-0.25, -0.2) is 0 Å². The van der Waals surface area contributed by atoms with Crippen LogP contribution in [0.25, 0.3) is 0 Å². The van der Waals surface area contributed by atoms with Gasteiger partial charge in [0.15, 0.2) is 6.29 Å². The van der Waals surface area contributed by atoms with Crippen LogP contribution in [0, 0.1) is 17.8 Å². The summed E-state index contributed by atoms with van der Waals surface area (Å²) in [6, 6.07) is 8.27. The Morgan fingerprint density at radius 1 is 0.742 bits per heavy atom. The average molecular weight is 431 g/mol. The Labute approximate surface area is 191 Å². The Bertz CT molecular complexity index is 568. The monoisotopic (exact) mass is 430 g/mol. The predicted octanol–water partition coefficient (Wildman–Crippen LogP) is 8.08. The van der Waals surface area contributed by atoms with E-state index in [1.165, 1.54) is 77.0 Å². The van der Waals surface area contributed by atoms with Crippen LogP contribution >= 0.6 is 0 Å². The minimum absolute atomic E-state index is 0.219. The molecule has 1 aliphatic heterocycles. The molecule has 1 aromatic carbocycles. The second-order valence-corrected chi connectivity index (χ2v) is 9.92. The minimum Gasteiger partial charge on any atom is -0.494 e. The van der Waals surface area contributed by atoms with Crippen molar-refractivity contribution in [1.82, 2.24) is 0 Å². The molecule has 0 spiro atoms. The van der Waals surface area contributed by atoms with Crippen molar-refractivity contribution < 1.29 is 14.2 Å².